The summed E-state index contributed by atoms with van der Waals surface area (Å²) in [6, 6.07) is 0. The topological polar surface area (TPSA) is 105 Å². The smallest absolute Gasteiger partial charge is 0.359 e. The zero-order valence-corrected chi connectivity index (χ0v) is 13.9. The van der Waals surface area contributed by atoms with Crippen molar-refractivity contribution in [3.8, 4) is 0 Å². The first-order chi connectivity index (χ1) is 10.1. The minimum atomic E-state index is -2.03. The van der Waals surface area contributed by atoms with E-state index < -0.39 is 23.3 Å². The van der Waals surface area contributed by atoms with E-state index in [1.165, 1.54) is 0 Å². The van der Waals surface area contributed by atoms with Crippen molar-refractivity contribution in [2.45, 2.75) is 58.8 Å². The molecule has 0 amide bonds. The highest BCUT2D eigenvalue weighted by Crippen LogP contribution is 2.21. The van der Waals surface area contributed by atoms with Gasteiger partial charge in [0.2, 0.25) is 5.72 Å². The lowest BCUT2D eigenvalue weighted by Gasteiger charge is -2.27. The molecule has 126 valence electrons. The molecule has 0 radical (unpaired) electrons. The first-order valence-electron chi connectivity index (χ1n) is 7.17. The van der Waals surface area contributed by atoms with Crippen LogP contribution in [0.15, 0.2) is 5.57 Å². The minimum absolute atomic E-state index is 0.0864. The zero-order chi connectivity index (χ0) is 17.4. The van der Waals surface area contributed by atoms with Crippen LogP contribution >= 0.6 is 0 Å². The lowest BCUT2D eigenvalue weighted by atomic mass is 10.00. The Morgan fingerprint density at radius 3 is 2.09 bits per heavy atom. The molecule has 0 saturated heterocycles. The van der Waals surface area contributed by atoms with Gasteiger partial charge in [-0.15, -0.1) is 0 Å². The van der Waals surface area contributed by atoms with Gasteiger partial charge in [0.25, 0.3) is 0 Å². The zero-order valence-electron chi connectivity index (χ0n) is 13.9. The van der Waals surface area contributed by atoms with Crippen molar-refractivity contribution in [3.05, 3.63) is 5.57 Å². The summed E-state index contributed by atoms with van der Waals surface area (Å²) in [5.41, 5.74) is 3.01. The molecule has 0 aliphatic carbocycles. The van der Waals surface area contributed by atoms with E-state index in [9.17, 15) is 14.4 Å². The number of esters is 2. The van der Waals surface area contributed by atoms with Crippen LogP contribution in [-0.2, 0) is 28.6 Å². The van der Waals surface area contributed by atoms with E-state index in [1.807, 2.05) is 0 Å². The highest BCUT2D eigenvalue weighted by Gasteiger charge is 2.42. The molecule has 0 saturated carbocycles. The Hall–Kier alpha value is -1.69. The Kier molecular flexibility index (Phi) is 8.01. The van der Waals surface area contributed by atoms with Crippen LogP contribution in [-0.4, -0.2) is 42.4 Å². The third-order valence-electron chi connectivity index (χ3n) is 2.52. The predicted octanol–water partition coefficient (Wildman–Crippen LogP) is 1.12. The van der Waals surface area contributed by atoms with Gasteiger partial charge in [-0.1, -0.05) is 0 Å². The fourth-order valence-electron chi connectivity index (χ4n) is 1.67. The highest BCUT2D eigenvalue weighted by atomic mass is 16.6. The summed E-state index contributed by atoms with van der Waals surface area (Å²) >= 11 is 0. The molecule has 0 aliphatic heterocycles. The van der Waals surface area contributed by atoms with Crippen LogP contribution in [0.5, 0.6) is 0 Å². The second-order valence-corrected chi connectivity index (χ2v) is 5.56. The molecule has 1 unspecified atom stereocenters. The van der Waals surface area contributed by atoms with Crippen LogP contribution in [0.2, 0.25) is 0 Å². The van der Waals surface area contributed by atoms with Crippen molar-refractivity contribution in [2.24, 2.45) is 5.73 Å². The minimum Gasteiger partial charge on any atom is -0.463 e. The molecule has 0 rings (SSSR count). The van der Waals surface area contributed by atoms with E-state index in [2.05, 4.69) is 0 Å². The first kappa shape index (κ1) is 20.3. The highest BCUT2D eigenvalue weighted by molar-refractivity contribution is 5.86. The SMILES string of the molecule is CCOC(=O)C(N)(OCC)C(=C=O)CCC(=O)OC(C)(C)C. The van der Waals surface area contributed by atoms with Gasteiger partial charge in [-0.2, -0.15) is 0 Å². The van der Waals surface area contributed by atoms with Crippen LogP contribution in [0.3, 0.4) is 0 Å². The van der Waals surface area contributed by atoms with Gasteiger partial charge < -0.3 is 14.2 Å². The van der Waals surface area contributed by atoms with Gasteiger partial charge in [0, 0.05) is 6.61 Å². The Labute approximate surface area is 130 Å². The van der Waals surface area contributed by atoms with E-state index in [0.717, 1.165) is 0 Å². The monoisotopic (exact) mass is 315 g/mol. The van der Waals surface area contributed by atoms with E-state index in [4.69, 9.17) is 19.9 Å². The van der Waals surface area contributed by atoms with E-state index in [1.54, 1.807) is 40.6 Å². The molecule has 2 N–H and O–H groups in total. The lowest BCUT2D eigenvalue weighted by Crippen LogP contribution is -2.53. The Morgan fingerprint density at radius 2 is 1.68 bits per heavy atom. The fraction of sp³-hybridized carbons (Fsp3) is 0.733. The first-order valence-corrected chi connectivity index (χ1v) is 7.17. The molecule has 1 atom stereocenters. The van der Waals surface area contributed by atoms with Gasteiger partial charge in [-0.3, -0.25) is 10.5 Å². The van der Waals surface area contributed by atoms with Crippen LogP contribution in [0.4, 0.5) is 0 Å². The summed E-state index contributed by atoms with van der Waals surface area (Å²) in [7, 11) is 0. The molecule has 7 nitrogen and oxygen atoms in total. The summed E-state index contributed by atoms with van der Waals surface area (Å²) in [4.78, 5) is 34.8. The quantitative estimate of drug-likeness (QED) is 0.406. The normalized spacial score (nSPS) is 13.7. The van der Waals surface area contributed by atoms with E-state index in [-0.39, 0.29) is 31.6 Å². The van der Waals surface area contributed by atoms with Crippen LogP contribution in [0, 0.1) is 0 Å². The maximum Gasteiger partial charge on any atom is 0.359 e. The molecular formula is C15H25NO6. The van der Waals surface area contributed by atoms with Crippen LogP contribution in [0.25, 0.3) is 0 Å². The van der Waals surface area contributed by atoms with Crippen molar-refractivity contribution in [1.82, 2.24) is 0 Å². The average molecular weight is 315 g/mol. The number of ether oxygens (including phenoxy) is 3. The molecule has 0 aromatic carbocycles. The third kappa shape index (κ3) is 6.39. The number of rotatable bonds is 8. The summed E-state index contributed by atoms with van der Waals surface area (Å²) in [6.45, 7) is 8.59. The van der Waals surface area contributed by atoms with Gasteiger partial charge in [0.05, 0.1) is 18.6 Å². The second kappa shape index (κ2) is 8.68. The Morgan fingerprint density at radius 1 is 1.09 bits per heavy atom. The maximum absolute atomic E-state index is 11.9. The maximum atomic E-state index is 11.9. The number of hydrogen-bond acceptors (Lipinski definition) is 7. The van der Waals surface area contributed by atoms with Crippen molar-refractivity contribution in [2.75, 3.05) is 13.2 Å². The second-order valence-electron chi connectivity index (χ2n) is 5.56. The van der Waals surface area contributed by atoms with E-state index in [0.29, 0.717) is 0 Å². The summed E-state index contributed by atoms with van der Waals surface area (Å²) in [6.07, 6.45) is -0.221. The molecule has 0 heterocycles. The van der Waals surface area contributed by atoms with Gasteiger partial charge in [-0.05, 0) is 41.0 Å². The molecule has 0 bridgehead atoms. The molecule has 0 aromatic heterocycles. The standard InChI is InChI=1S/C15H25NO6/c1-6-20-13(19)15(16,21-7-2)11(10-17)8-9-12(18)22-14(3,4)5/h6-9,16H2,1-5H3. The van der Waals surface area contributed by atoms with Gasteiger partial charge in [0.1, 0.15) is 11.5 Å². The van der Waals surface area contributed by atoms with Gasteiger partial charge in [-0.25, -0.2) is 9.59 Å². The van der Waals surface area contributed by atoms with Crippen molar-refractivity contribution < 1.29 is 28.6 Å². The van der Waals surface area contributed by atoms with Crippen molar-refractivity contribution in [1.29, 1.82) is 0 Å². The summed E-state index contributed by atoms with van der Waals surface area (Å²) in [5, 5.41) is 0. The summed E-state index contributed by atoms with van der Waals surface area (Å²) in [5.74, 6) is 0.192. The van der Waals surface area contributed by atoms with Crippen LogP contribution < -0.4 is 5.73 Å². The Bertz CT molecular complexity index is 447. The number of hydrogen-bond donors (Lipinski definition) is 1. The largest absolute Gasteiger partial charge is 0.463 e. The summed E-state index contributed by atoms with van der Waals surface area (Å²) < 4.78 is 15.1. The molecule has 0 aromatic rings. The molecule has 22 heavy (non-hydrogen) atoms. The van der Waals surface area contributed by atoms with Crippen molar-refractivity contribution in [3.63, 3.8) is 0 Å². The molecule has 7 heteroatoms. The van der Waals surface area contributed by atoms with Gasteiger partial charge >= 0.3 is 11.9 Å². The fourth-order valence-corrected chi connectivity index (χ4v) is 1.67. The van der Waals surface area contributed by atoms with Crippen molar-refractivity contribution >= 4 is 17.9 Å². The Balaban J connectivity index is 5.01. The molecule has 0 aliphatic rings. The molecule has 0 fully saturated rings. The predicted molar refractivity (Wildman–Crippen MR) is 79.5 cm³/mol. The van der Waals surface area contributed by atoms with Gasteiger partial charge in [0.15, 0.2) is 0 Å². The molecule has 0 spiro atoms. The molecular weight excluding hydrogens is 290 g/mol. The average Bonchev–Trinajstić information content (AvgIpc) is 2.37. The van der Waals surface area contributed by atoms with Crippen LogP contribution in [0.1, 0.15) is 47.5 Å². The lowest BCUT2D eigenvalue weighted by molar-refractivity contribution is -0.167. The number of carbonyl (C=O) groups excluding carboxylic acids is 3. The number of carbonyl (C=O) groups is 2. The number of nitrogens with two attached hydrogens (primary N) is 1. The third-order valence-corrected chi connectivity index (χ3v) is 2.52. The van der Waals surface area contributed by atoms with E-state index >= 15 is 0 Å².